The van der Waals surface area contributed by atoms with Gasteiger partial charge in [-0.3, -0.25) is 4.79 Å². The molecule has 0 spiro atoms. The van der Waals surface area contributed by atoms with Gasteiger partial charge in [0, 0.05) is 22.9 Å². The van der Waals surface area contributed by atoms with Crippen LogP contribution >= 0.6 is 34.7 Å². The number of hydrogen-bond acceptors (Lipinski definition) is 6. The van der Waals surface area contributed by atoms with Gasteiger partial charge < -0.3 is 10.2 Å². The summed E-state index contributed by atoms with van der Waals surface area (Å²) in [5, 5.41) is 12.7. The lowest BCUT2D eigenvalue weighted by atomic mass is 10.3. The van der Waals surface area contributed by atoms with Crippen LogP contribution in [0.15, 0.2) is 58.9 Å². The number of para-hydroxylation sites is 1. The molecule has 26 heavy (non-hydrogen) atoms. The molecule has 0 atom stereocenters. The maximum absolute atomic E-state index is 12.5. The normalized spacial score (nSPS) is 10.5. The van der Waals surface area contributed by atoms with E-state index < -0.39 is 0 Å². The molecule has 8 heteroatoms. The molecule has 1 N–H and O–H groups in total. The number of hydrogen-bond donors (Lipinski definition) is 1. The van der Waals surface area contributed by atoms with Crippen molar-refractivity contribution < 1.29 is 4.79 Å². The van der Waals surface area contributed by atoms with Crippen molar-refractivity contribution >= 4 is 57.1 Å². The fourth-order valence-corrected chi connectivity index (χ4v) is 4.16. The summed E-state index contributed by atoms with van der Waals surface area (Å²) in [6, 6.07) is 17.1. The molecule has 3 aromatic rings. The average Bonchev–Trinajstić information content (AvgIpc) is 3.09. The minimum atomic E-state index is 0.0447. The Kier molecular flexibility index (Phi) is 6.49. The van der Waals surface area contributed by atoms with Gasteiger partial charge in [0.05, 0.1) is 5.75 Å². The molecule has 0 saturated heterocycles. The SMILES string of the molecule is CCN(C(=O)CSc1nnc(Nc2cccc(Cl)c2)s1)c1ccccc1. The predicted molar refractivity (Wildman–Crippen MR) is 110 cm³/mol. The van der Waals surface area contributed by atoms with Crippen LogP contribution < -0.4 is 10.2 Å². The van der Waals surface area contributed by atoms with Crippen molar-refractivity contribution in [3.05, 3.63) is 59.6 Å². The number of aromatic nitrogens is 2. The minimum Gasteiger partial charge on any atom is -0.330 e. The molecule has 1 amide bonds. The first-order valence-electron chi connectivity index (χ1n) is 8.00. The zero-order chi connectivity index (χ0) is 18.4. The minimum absolute atomic E-state index is 0.0447. The molecule has 0 aliphatic heterocycles. The maximum atomic E-state index is 12.5. The summed E-state index contributed by atoms with van der Waals surface area (Å²) >= 11 is 8.77. The van der Waals surface area contributed by atoms with Crippen molar-refractivity contribution in [1.29, 1.82) is 0 Å². The monoisotopic (exact) mass is 404 g/mol. The Morgan fingerprint density at radius 1 is 1.19 bits per heavy atom. The molecule has 0 fully saturated rings. The van der Waals surface area contributed by atoms with Crippen LogP contribution in [0.3, 0.4) is 0 Å². The molecule has 0 bridgehead atoms. The maximum Gasteiger partial charge on any atom is 0.237 e. The van der Waals surface area contributed by atoms with E-state index in [0.29, 0.717) is 22.5 Å². The summed E-state index contributed by atoms with van der Waals surface area (Å²) in [5.74, 6) is 0.359. The van der Waals surface area contributed by atoms with E-state index in [2.05, 4.69) is 15.5 Å². The molecule has 0 aliphatic carbocycles. The lowest BCUT2D eigenvalue weighted by Gasteiger charge is -2.20. The van der Waals surface area contributed by atoms with Crippen LogP contribution in [0.25, 0.3) is 0 Å². The number of carbonyl (C=O) groups is 1. The van der Waals surface area contributed by atoms with Gasteiger partial charge in [0.15, 0.2) is 4.34 Å². The second-order valence-electron chi connectivity index (χ2n) is 5.27. The number of carbonyl (C=O) groups excluding carboxylic acids is 1. The van der Waals surface area contributed by atoms with Gasteiger partial charge in [-0.15, -0.1) is 10.2 Å². The van der Waals surface area contributed by atoms with Gasteiger partial charge in [-0.25, -0.2) is 0 Å². The zero-order valence-corrected chi connectivity index (χ0v) is 16.4. The third kappa shape index (κ3) is 4.97. The van der Waals surface area contributed by atoms with Crippen molar-refractivity contribution in [3.8, 4) is 0 Å². The Bertz CT molecular complexity index is 872. The Morgan fingerprint density at radius 3 is 2.73 bits per heavy atom. The molecule has 2 aromatic carbocycles. The van der Waals surface area contributed by atoms with E-state index in [-0.39, 0.29) is 5.91 Å². The number of nitrogens with one attached hydrogen (secondary N) is 1. The molecular formula is C18H17ClN4OS2. The Labute approximate surface area is 165 Å². The summed E-state index contributed by atoms with van der Waals surface area (Å²) in [7, 11) is 0. The van der Waals surface area contributed by atoms with Gasteiger partial charge in [-0.05, 0) is 37.3 Å². The fourth-order valence-electron chi connectivity index (χ4n) is 2.32. The van der Waals surface area contributed by atoms with Crippen molar-refractivity contribution in [2.75, 3.05) is 22.5 Å². The Hall–Kier alpha value is -2.09. The van der Waals surface area contributed by atoms with Gasteiger partial charge in [0.2, 0.25) is 11.0 Å². The van der Waals surface area contributed by atoms with E-state index in [4.69, 9.17) is 11.6 Å². The van der Waals surface area contributed by atoms with E-state index in [1.165, 1.54) is 23.1 Å². The summed E-state index contributed by atoms with van der Waals surface area (Å²) < 4.78 is 0.743. The van der Waals surface area contributed by atoms with Crippen LogP contribution in [-0.2, 0) is 4.79 Å². The third-order valence-corrected chi connectivity index (χ3v) is 5.68. The highest BCUT2D eigenvalue weighted by atomic mass is 35.5. The van der Waals surface area contributed by atoms with E-state index >= 15 is 0 Å². The van der Waals surface area contributed by atoms with Gasteiger partial charge in [0.25, 0.3) is 0 Å². The lowest BCUT2D eigenvalue weighted by Crippen LogP contribution is -2.32. The topological polar surface area (TPSA) is 58.1 Å². The van der Waals surface area contributed by atoms with Crippen LogP contribution in [0.4, 0.5) is 16.5 Å². The van der Waals surface area contributed by atoms with E-state index in [9.17, 15) is 4.79 Å². The van der Waals surface area contributed by atoms with Gasteiger partial charge in [-0.1, -0.05) is 59.0 Å². The van der Waals surface area contributed by atoms with E-state index in [1.807, 2.05) is 61.5 Å². The Morgan fingerprint density at radius 2 is 2.00 bits per heavy atom. The number of nitrogens with zero attached hydrogens (tertiary/aromatic N) is 3. The quantitative estimate of drug-likeness (QED) is 0.556. The first kappa shape index (κ1) is 18.7. The standard InChI is InChI=1S/C18H17ClN4OS2/c1-2-23(15-9-4-3-5-10-15)16(24)12-25-18-22-21-17(26-18)20-14-8-6-7-13(19)11-14/h3-11H,2,12H2,1H3,(H,20,21). The first-order valence-corrected chi connectivity index (χ1v) is 10.2. The first-order chi connectivity index (χ1) is 12.7. The largest absolute Gasteiger partial charge is 0.330 e. The highest BCUT2D eigenvalue weighted by Crippen LogP contribution is 2.29. The molecule has 0 radical (unpaired) electrons. The number of thioether (sulfide) groups is 1. The number of halogens is 1. The second kappa shape index (κ2) is 9.02. The van der Waals surface area contributed by atoms with Gasteiger partial charge in [0.1, 0.15) is 0 Å². The van der Waals surface area contributed by atoms with E-state index in [1.54, 1.807) is 4.90 Å². The van der Waals surface area contributed by atoms with Crippen LogP contribution in [0, 0.1) is 0 Å². The highest BCUT2D eigenvalue weighted by Gasteiger charge is 2.15. The molecule has 134 valence electrons. The number of rotatable bonds is 7. The van der Waals surface area contributed by atoms with Crippen molar-refractivity contribution in [1.82, 2.24) is 10.2 Å². The van der Waals surface area contributed by atoms with E-state index in [0.717, 1.165) is 15.7 Å². The van der Waals surface area contributed by atoms with Crippen LogP contribution in [-0.4, -0.2) is 28.4 Å². The van der Waals surface area contributed by atoms with Crippen molar-refractivity contribution in [3.63, 3.8) is 0 Å². The Balaban J connectivity index is 1.58. The van der Waals surface area contributed by atoms with Gasteiger partial charge >= 0.3 is 0 Å². The van der Waals surface area contributed by atoms with Gasteiger partial charge in [-0.2, -0.15) is 0 Å². The molecule has 3 rings (SSSR count). The molecule has 1 aromatic heterocycles. The molecule has 5 nitrogen and oxygen atoms in total. The van der Waals surface area contributed by atoms with Crippen LogP contribution in [0.5, 0.6) is 0 Å². The molecule has 0 saturated carbocycles. The zero-order valence-electron chi connectivity index (χ0n) is 14.1. The van der Waals surface area contributed by atoms with Crippen molar-refractivity contribution in [2.24, 2.45) is 0 Å². The molecule has 0 unspecified atom stereocenters. The fraction of sp³-hybridized carbons (Fsp3) is 0.167. The lowest BCUT2D eigenvalue weighted by molar-refractivity contribution is -0.116. The second-order valence-corrected chi connectivity index (χ2v) is 7.91. The summed E-state index contributed by atoms with van der Waals surface area (Å²) in [6.07, 6.45) is 0. The highest BCUT2D eigenvalue weighted by molar-refractivity contribution is 8.01. The number of amides is 1. The molecular weight excluding hydrogens is 388 g/mol. The molecule has 1 heterocycles. The molecule has 0 aliphatic rings. The van der Waals surface area contributed by atoms with Crippen LogP contribution in [0.1, 0.15) is 6.92 Å². The third-order valence-electron chi connectivity index (χ3n) is 3.49. The average molecular weight is 405 g/mol. The number of benzene rings is 2. The summed E-state index contributed by atoms with van der Waals surface area (Å²) in [6.45, 7) is 2.59. The summed E-state index contributed by atoms with van der Waals surface area (Å²) in [5.41, 5.74) is 1.75. The van der Waals surface area contributed by atoms with Crippen LogP contribution in [0.2, 0.25) is 5.02 Å². The summed E-state index contributed by atoms with van der Waals surface area (Å²) in [4.78, 5) is 14.3. The van der Waals surface area contributed by atoms with Crippen molar-refractivity contribution in [2.45, 2.75) is 11.3 Å². The predicted octanol–water partition coefficient (Wildman–Crippen LogP) is 5.08. The number of anilines is 3. The smallest absolute Gasteiger partial charge is 0.237 e.